The van der Waals surface area contributed by atoms with Gasteiger partial charge in [-0.1, -0.05) is 6.58 Å². The SMILES string of the molecule is C=C1NC(=O)C=CN1[C@@H]1O[C@H](COP(=O)(O)OP(=O)(O)O[C@H]2OC(CO)[C@@H](O)[C@H](S)C2O)[C@H](O)C1O. The molecule has 2 saturated heterocycles. The molecule has 20 heteroatoms. The maximum atomic E-state index is 12.2. The van der Waals surface area contributed by atoms with E-state index in [4.69, 9.17) is 9.47 Å². The molecule has 0 aromatic carbocycles. The molecule has 36 heavy (non-hydrogen) atoms. The highest BCUT2D eigenvalue weighted by atomic mass is 32.1. The number of ether oxygens (including phenoxy) is 2. The van der Waals surface area contributed by atoms with E-state index >= 15 is 0 Å². The number of phosphoric acid groups is 2. The van der Waals surface area contributed by atoms with Gasteiger partial charge in [-0.05, 0) is 0 Å². The van der Waals surface area contributed by atoms with Crippen molar-refractivity contribution in [1.82, 2.24) is 10.2 Å². The second-order valence-corrected chi connectivity index (χ2v) is 11.4. The number of hydrogen-bond donors (Lipinski definition) is 9. The molecular weight excluding hydrogens is 554 g/mol. The summed E-state index contributed by atoms with van der Waals surface area (Å²) in [6.07, 6.45) is -10.3. The number of hydrogen-bond acceptors (Lipinski definition) is 15. The smallest absolute Gasteiger partial charge is 0.394 e. The molecule has 0 aromatic heterocycles. The minimum Gasteiger partial charge on any atom is -0.394 e. The fraction of sp³-hybridized carbons (Fsp3) is 0.688. The topological polar surface area (TPSA) is 254 Å². The maximum Gasteiger partial charge on any atom is 0.483 e. The van der Waals surface area contributed by atoms with E-state index in [-0.39, 0.29) is 5.82 Å². The number of amides is 1. The molecule has 3 heterocycles. The number of aliphatic hydroxyl groups excluding tert-OH is 5. The van der Waals surface area contributed by atoms with E-state index in [0.29, 0.717) is 0 Å². The lowest BCUT2D eigenvalue weighted by molar-refractivity contribution is -0.241. The standard InChI is InChI=1S/C16H26N2O15P2S/c1-6-17-9(20)2-3-18(6)15-12(23)10(21)8(30-15)5-29-34(25,26)33-35(27,28)32-16-13(24)14(36)11(22)7(4-19)31-16/h2-3,7-8,10-16,19,21-24,36H,1,4-5H2,(H,17,20)(H,25,26)(H,27,28)/t7?,8-,10+,11-,12?,13?,14+,15-,16-/m1/s1. The molecule has 0 saturated carbocycles. The Hall–Kier alpha value is -0.920. The van der Waals surface area contributed by atoms with Crippen molar-refractivity contribution in [1.29, 1.82) is 0 Å². The molecule has 11 atom stereocenters. The molecular formula is C16H26N2O15P2S. The first kappa shape index (κ1) is 29.6. The number of thiol groups is 1. The van der Waals surface area contributed by atoms with Gasteiger partial charge < -0.3 is 55.0 Å². The van der Waals surface area contributed by atoms with Crippen LogP contribution in [0.1, 0.15) is 0 Å². The van der Waals surface area contributed by atoms with Crippen LogP contribution in [0.5, 0.6) is 0 Å². The number of rotatable bonds is 9. The molecule has 3 aliphatic rings. The molecule has 0 bridgehead atoms. The van der Waals surface area contributed by atoms with Gasteiger partial charge in [-0.25, -0.2) is 9.13 Å². The lowest BCUT2D eigenvalue weighted by Crippen LogP contribution is -2.56. The largest absolute Gasteiger partial charge is 0.483 e. The fourth-order valence-corrected chi connectivity index (χ4v) is 5.94. The third-order valence-corrected chi connectivity index (χ3v) is 8.48. The van der Waals surface area contributed by atoms with Crippen molar-refractivity contribution >= 4 is 34.2 Å². The van der Waals surface area contributed by atoms with Gasteiger partial charge in [0.1, 0.15) is 36.3 Å². The molecule has 1 amide bonds. The number of phosphoric ester groups is 2. The molecule has 206 valence electrons. The lowest BCUT2D eigenvalue weighted by Gasteiger charge is -2.40. The molecule has 0 aliphatic carbocycles. The highest BCUT2D eigenvalue weighted by molar-refractivity contribution is 7.81. The molecule has 5 unspecified atom stereocenters. The van der Waals surface area contributed by atoms with Crippen molar-refractivity contribution in [2.45, 2.75) is 54.4 Å². The van der Waals surface area contributed by atoms with Gasteiger partial charge in [-0.15, -0.1) is 0 Å². The van der Waals surface area contributed by atoms with Gasteiger partial charge in [0.15, 0.2) is 12.5 Å². The normalized spacial score (nSPS) is 40.6. The van der Waals surface area contributed by atoms with Crippen LogP contribution in [-0.4, -0.2) is 114 Å². The summed E-state index contributed by atoms with van der Waals surface area (Å²) in [5.41, 5.74) is 0. The van der Waals surface area contributed by atoms with Crippen LogP contribution < -0.4 is 5.32 Å². The quantitative estimate of drug-likeness (QED) is 0.0963. The average Bonchev–Trinajstić information content (AvgIpc) is 3.06. The first-order chi connectivity index (χ1) is 16.7. The Morgan fingerprint density at radius 3 is 2.33 bits per heavy atom. The van der Waals surface area contributed by atoms with E-state index in [1.54, 1.807) is 0 Å². The van der Waals surface area contributed by atoms with Crippen LogP contribution in [0.2, 0.25) is 0 Å². The molecule has 0 aromatic rings. The summed E-state index contributed by atoms with van der Waals surface area (Å²) >= 11 is 3.91. The summed E-state index contributed by atoms with van der Waals surface area (Å²) in [5.74, 6) is -0.473. The van der Waals surface area contributed by atoms with E-state index in [1.807, 2.05) is 0 Å². The second-order valence-electron chi connectivity index (χ2n) is 7.82. The van der Waals surface area contributed by atoms with Gasteiger partial charge in [-0.2, -0.15) is 16.9 Å². The average molecular weight is 580 g/mol. The van der Waals surface area contributed by atoms with Crippen molar-refractivity contribution in [2.24, 2.45) is 0 Å². The first-order valence-corrected chi connectivity index (χ1v) is 13.6. The highest BCUT2D eigenvalue weighted by Gasteiger charge is 2.49. The Bertz CT molecular complexity index is 968. The lowest BCUT2D eigenvalue weighted by atomic mass is 10.0. The highest BCUT2D eigenvalue weighted by Crippen LogP contribution is 2.61. The molecule has 3 rings (SSSR count). The molecule has 0 radical (unpaired) electrons. The van der Waals surface area contributed by atoms with Crippen LogP contribution in [0.25, 0.3) is 0 Å². The van der Waals surface area contributed by atoms with Crippen molar-refractivity contribution in [2.75, 3.05) is 13.2 Å². The van der Waals surface area contributed by atoms with Gasteiger partial charge in [0, 0.05) is 12.3 Å². The second kappa shape index (κ2) is 11.4. The van der Waals surface area contributed by atoms with Crippen LogP contribution in [0.4, 0.5) is 0 Å². The zero-order valence-corrected chi connectivity index (χ0v) is 20.8. The Balaban J connectivity index is 1.58. The zero-order valence-electron chi connectivity index (χ0n) is 18.2. The van der Waals surface area contributed by atoms with E-state index in [1.165, 1.54) is 11.1 Å². The number of aliphatic hydroxyl groups is 5. The summed E-state index contributed by atoms with van der Waals surface area (Å²) < 4.78 is 48.2. The summed E-state index contributed by atoms with van der Waals surface area (Å²) in [4.78, 5) is 32.2. The van der Waals surface area contributed by atoms with Gasteiger partial charge in [0.05, 0.1) is 24.6 Å². The van der Waals surface area contributed by atoms with Crippen molar-refractivity contribution in [3.05, 3.63) is 24.7 Å². The van der Waals surface area contributed by atoms with Crippen molar-refractivity contribution < 1.29 is 72.1 Å². The van der Waals surface area contributed by atoms with Crippen LogP contribution in [0.3, 0.4) is 0 Å². The van der Waals surface area contributed by atoms with E-state index in [0.717, 1.165) is 6.08 Å². The Morgan fingerprint density at radius 2 is 1.72 bits per heavy atom. The van der Waals surface area contributed by atoms with Crippen LogP contribution >= 0.6 is 28.3 Å². The summed E-state index contributed by atoms with van der Waals surface area (Å²) in [6.45, 7) is 1.88. The van der Waals surface area contributed by atoms with E-state index in [9.17, 15) is 49.2 Å². The Labute approximate surface area is 209 Å². The third-order valence-electron chi connectivity index (χ3n) is 5.27. The van der Waals surface area contributed by atoms with E-state index < -0.39 is 89.2 Å². The third kappa shape index (κ3) is 6.74. The Kier molecular flexibility index (Phi) is 9.42. The van der Waals surface area contributed by atoms with Gasteiger partial charge >= 0.3 is 15.6 Å². The number of carbonyl (C=O) groups is 1. The molecule has 17 nitrogen and oxygen atoms in total. The first-order valence-electron chi connectivity index (χ1n) is 10.1. The number of nitrogens with zero attached hydrogens (tertiary/aromatic N) is 1. The predicted octanol–water partition coefficient (Wildman–Crippen LogP) is -3.16. The van der Waals surface area contributed by atoms with Crippen molar-refractivity contribution in [3.63, 3.8) is 0 Å². The molecule has 0 spiro atoms. The minimum absolute atomic E-state index is 0.0152. The summed E-state index contributed by atoms with van der Waals surface area (Å²) in [5, 5.41) is 50.6. The van der Waals surface area contributed by atoms with Gasteiger partial charge in [-0.3, -0.25) is 13.8 Å². The summed E-state index contributed by atoms with van der Waals surface area (Å²) in [7, 11) is -10.9. The van der Waals surface area contributed by atoms with Crippen LogP contribution in [0, 0.1) is 0 Å². The predicted molar refractivity (Wildman–Crippen MR) is 117 cm³/mol. The van der Waals surface area contributed by atoms with Crippen LogP contribution in [-0.2, 0) is 36.8 Å². The zero-order chi connectivity index (χ0) is 27.0. The Morgan fingerprint density at radius 1 is 1.06 bits per heavy atom. The molecule has 2 fully saturated rings. The molecule has 3 aliphatic heterocycles. The van der Waals surface area contributed by atoms with Crippen LogP contribution in [0.15, 0.2) is 24.7 Å². The maximum absolute atomic E-state index is 12.2. The minimum atomic E-state index is -5.48. The monoisotopic (exact) mass is 580 g/mol. The molecule has 8 N–H and O–H groups in total. The number of carbonyl (C=O) groups excluding carboxylic acids is 1. The summed E-state index contributed by atoms with van der Waals surface area (Å²) in [6, 6.07) is 0. The van der Waals surface area contributed by atoms with Crippen molar-refractivity contribution in [3.8, 4) is 0 Å². The fourth-order valence-electron chi connectivity index (χ4n) is 3.45. The van der Waals surface area contributed by atoms with Gasteiger partial charge in [0.2, 0.25) is 0 Å². The van der Waals surface area contributed by atoms with Gasteiger partial charge in [0.25, 0.3) is 5.91 Å². The number of nitrogens with one attached hydrogen (secondary N) is 1. The van der Waals surface area contributed by atoms with E-state index in [2.05, 4.69) is 37.9 Å².